The number of halogens is 1. The Labute approximate surface area is 127 Å². The highest BCUT2D eigenvalue weighted by Crippen LogP contribution is 2.41. The molecule has 0 amide bonds. The summed E-state index contributed by atoms with van der Waals surface area (Å²) >= 11 is 3.53. The Kier molecular flexibility index (Phi) is 3.87. The molecule has 2 fully saturated rings. The summed E-state index contributed by atoms with van der Waals surface area (Å²) in [5.74, 6) is 0.981. The maximum atomic E-state index is 9.04. The Morgan fingerprint density at radius 2 is 2.10 bits per heavy atom. The van der Waals surface area contributed by atoms with Gasteiger partial charge in [0.1, 0.15) is 0 Å². The zero-order valence-electron chi connectivity index (χ0n) is 11.4. The van der Waals surface area contributed by atoms with Crippen LogP contribution in [-0.4, -0.2) is 23.6 Å². The summed E-state index contributed by atoms with van der Waals surface area (Å²) in [5.41, 5.74) is 7.77. The topological polar surface area (TPSA) is 61.9 Å². The minimum absolute atomic E-state index is 0.173. The monoisotopic (exact) mass is 337 g/mol. The van der Waals surface area contributed by atoms with E-state index in [1.165, 1.54) is 32.1 Å². The quantitative estimate of drug-likeness (QED) is 0.376. The summed E-state index contributed by atoms with van der Waals surface area (Å²) < 4.78 is 0.879. The fraction of sp³-hybridized carbons (Fsp3) is 0.533. The number of hydrogen-bond acceptors (Lipinski definition) is 3. The Morgan fingerprint density at radius 1 is 1.30 bits per heavy atom. The lowest BCUT2D eigenvalue weighted by Crippen LogP contribution is -2.36. The number of hydrogen-bond donors (Lipinski definition) is 2. The van der Waals surface area contributed by atoms with Gasteiger partial charge in [-0.3, -0.25) is 0 Å². The van der Waals surface area contributed by atoms with E-state index in [1.54, 1.807) is 0 Å². The smallest absolute Gasteiger partial charge is 0.173 e. The fourth-order valence-electron chi connectivity index (χ4n) is 3.76. The van der Waals surface area contributed by atoms with Gasteiger partial charge in [-0.05, 0) is 53.2 Å². The van der Waals surface area contributed by atoms with Crippen LogP contribution in [0.4, 0.5) is 5.69 Å². The van der Waals surface area contributed by atoms with Crippen LogP contribution in [-0.2, 0) is 0 Å². The number of benzene rings is 1. The van der Waals surface area contributed by atoms with Crippen molar-refractivity contribution in [3.05, 3.63) is 28.2 Å². The number of fused-ring (bicyclic) bond motifs is 1. The number of oxime groups is 1. The molecule has 2 unspecified atom stereocenters. The van der Waals surface area contributed by atoms with Crippen LogP contribution in [0, 0.1) is 5.92 Å². The second-order valence-corrected chi connectivity index (χ2v) is 6.57. The van der Waals surface area contributed by atoms with E-state index in [0.717, 1.165) is 28.2 Å². The van der Waals surface area contributed by atoms with Crippen molar-refractivity contribution < 1.29 is 5.21 Å². The van der Waals surface area contributed by atoms with E-state index in [2.05, 4.69) is 32.1 Å². The first-order chi connectivity index (χ1) is 9.72. The first kappa shape index (κ1) is 13.7. The predicted octanol–water partition coefficient (Wildman–Crippen LogP) is 3.31. The van der Waals surface area contributed by atoms with Gasteiger partial charge in [0.15, 0.2) is 5.84 Å². The van der Waals surface area contributed by atoms with E-state index in [9.17, 15) is 0 Å². The molecule has 3 N–H and O–H groups in total. The van der Waals surface area contributed by atoms with Crippen LogP contribution in [0.5, 0.6) is 0 Å². The molecule has 4 nitrogen and oxygen atoms in total. The van der Waals surface area contributed by atoms with E-state index in [4.69, 9.17) is 10.9 Å². The van der Waals surface area contributed by atoms with Crippen molar-refractivity contribution >= 4 is 27.5 Å². The number of rotatable bonds is 2. The summed E-state index contributed by atoms with van der Waals surface area (Å²) in [6, 6.07) is 6.65. The number of nitrogens with two attached hydrogens (primary N) is 1. The van der Waals surface area contributed by atoms with Crippen molar-refractivity contribution in [1.82, 2.24) is 0 Å². The Bertz CT molecular complexity index is 532. The van der Waals surface area contributed by atoms with E-state index < -0.39 is 0 Å². The van der Waals surface area contributed by atoms with Gasteiger partial charge in [-0.2, -0.15) is 0 Å². The molecule has 1 aromatic rings. The minimum atomic E-state index is 0.173. The third kappa shape index (κ3) is 2.28. The molecular formula is C15H20BrN3O. The molecule has 0 spiro atoms. The van der Waals surface area contributed by atoms with Gasteiger partial charge in [-0.15, -0.1) is 0 Å². The number of amidine groups is 1. The van der Waals surface area contributed by atoms with Crippen LogP contribution in [0.15, 0.2) is 27.8 Å². The zero-order chi connectivity index (χ0) is 14.1. The SMILES string of the molecule is N/C(=N/O)c1c(Br)cccc1N1CCC2CCCCC21. The number of nitrogens with zero attached hydrogens (tertiary/aromatic N) is 2. The second-order valence-electron chi connectivity index (χ2n) is 5.71. The predicted molar refractivity (Wildman–Crippen MR) is 84.4 cm³/mol. The van der Waals surface area contributed by atoms with Gasteiger partial charge < -0.3 is 15.8 Å². The van der Waals surface area contributed by atoms with Crippen molar-refractivity contribution in [2.24, 2.45) is 16.8 Å². The molecule has 1 saturated heterocycles. The standard InChI is InChI=1S/C15H20BrN3O/c16-11-5-3-7-13(14(11)15(17)18-20)19-9-8-10-4-1-2-6-12(10)19/h3,5,7,10,12,20H,1-2,4,6,8-9H2,(H2,17,18). The third-order valence-corrected chi connectivity index (χ3v) is 5.34. The van der Waals surface area contributed by atoms with Gasteiger partial charge in [-0.25, -0.2) is 0 Å². The first-order valence-corrected chi connectivity index (χ1v) is 8.04. The summed E-state index contributed by atoms with van der Waals surface area (Å²) in [7, 11) is 0. The van der Waals surface area contributed by atoms with E-state index in [-0.39, 0.29) is 5.84 Å². The average molecular weight is 338 g/mol. The van der Waals surface area contributed by atoms with E-state index >= 15 is 0 Å². The Balaban J connectivity index is 2.00. The summed E-state index contributed by atoms with van der Waals surface area (Å²) in [5, 5.41) is 12.2. The van der Waals surface area contributed by atoms with Crippen LogP contribution >= 0.6 is 15.9 Å². The maximum absolute atomic E-state index is 9.04. The lowest BCUT2D eigenvalue weighted by Gasteiger charge is -2.34. The number of anilines is 1. The fourth-order valence-corrected chi connectivity index (χ4v) is 4.32. The highest BCUT2D eigenvalue weighted by molar-refractivity contribution is 9.10. The summed E-state index contributed by atoms with van der Waals surface area (Å²) in [6.07, 6.45) is 6.53. The van der Waals surface area contributed by atoms with Gasteiger partial charge in [0.25, 0.3) is 0 Å². The molecule has 20 heavy (non-hydrogen) atoms. The van der Waals surface area contributed by atoms with Gasteiger partial charge >= 0.3 is 0 Å². The van der Waals surface area contributed by atoms with E-state index in [0.29, 0.717) is 6.04 Å². The van der Waals surface area contributed by atoms with Crippen molar-refractivity contribution in [2.75, 3.05) is 11.4 Å². The molecule has 3 rings (SSSR count). The maximum Gasteiger partial charge on any atom is 0.173 e. The molecule has 108 valence electrons. The van der Waals surface area contributed by atoms with Crippen LogP contribution in [0.1, 0.15) is 37.7 Å². The average Bonchev–Trinajstić information content (AvgIpc) is 2.90. The van der Waals surface area contributed by atoms with Crippen LogP contribution in [0.2, 0.25) is 0 Å². The molecule has 0 aromatic heterocycles. The zero-order valence-corrected chi connectivity index (χ0v) is 13.0. The molecule has 5 heteroatoms. The van der Waals surface area contributed by atoms with Crippen LogP contribution in [0.25, 0.3) is 0 Å². The second kappa shape index (κ2) is 5.64. The van der Waals surface area contributed by atoms with Crippen molar-refractivity contribution in [2.45, 2.75) is 38.1 Å². The highest BCUT2D eigenvalue weighted by Gasteiger charge is 2.36. The first-order valence-electron chi connectivity index (χ1n) is 7.25. The van der Waals surface area contributed by atoms with Crippen molar-refractivity contribution in [3.8, 4) is 0 Å². The van der Waals surface area contributed by atoms with Gasteiger partial charge in [-0.1, -0.05) is 24.1 Å². The summed E-state index contributed by atoms with van der Waals surface area (Å²) in [4.78, 5) is 2.46. The molecule has 1 heterocycles. The normalized spacial score (nSPS) is 26.6. The molecule has 0 bridgehead atoms. The van der Waals surface area contributed by atoms with Crippen LogP contribution in [0.3, 0.4) is 0 Å². The van der Waals surface area contributed by atoms with Gasteiger partial charge in [0.2, 0.25) is 0 Å². The van der Waals surface area contributed by atoms with Crippen molar-refractivity contribution in [3.63, 3.8) is 0 Å². The third-order valence-electron chi connectivity index (χ3n) is 4.68. The molecule has 1 aromatic carbocycles. The van der Waals surface area contributed by atoms with Gasteiger partial charge in [0.05, 0.1) is 5.56 Å². The molecule has 0 radical (unpaired) electrons. The lowest BCUT2D eigenvalue weighted by molar-refractivity contribution is 0.318. The molecule has 1 aliphatic heterocycles. The molecule has 1 aliphatic carbocycles. The minimum Gasteiger partial charge on any atom is -0.409 e. The van der Waals surface area contributed by atoms with Crippen LogP contribution < -0.4 is 10.6 Å². The molecule has 2 aliphatic rings. The molecule has 2 atom stereocenters. The highest BCUT2D eigenvalue weighted by atomic mass is 79.9. The largest absolute Gasteiger partial charge is 0.409 e. The molecular weight excluding hydrogens is 318 g/mol. The van der Waals surface area contributed by atoms with Gasteiger partial charge in [0, 0.05) is 22.7 Å². The van der Waals surface area contributed by atoms with E-state index in [1.807, 2.05) is 12.1 Å². The lowest BCUT2D eigenvalue weighted by atomic mass is 9.85. The van der Waals surface area contributed by atoms with Crippen molar-refractivity contribution in [1.29, 1.82) is 0 Å². The Morgan fingerprint density at radius 3 is 2.90 bits per heavy atom. The Hall–Kier alpha value is -1.23. The summed E-state index contributed by atoms with van der Waals surface area (Å²) in [6.45, 7) is 1.07. The molecule has 1 saturated carbocycles.